The Balaban J connectivity index is 1.62. The number of hydrogen-bond donors (Lipinski definition) is 2. The molecule has 1 atom stereocenters. The van der Waals surface area contributed by atoms with Gasteiger partial charge in [0, 0.05) is 24.7 Å². The molecule has 1 fully saturated rings. The first-order valence-electron chi connectivity index (χ1n) is 9.58. The average molecular weight is 370 g/mol. The zero-order chi connectivity index (χ0) is 19.2. The highest BCUT2D eigenvalue weighted by Gasteiger charge is 2.21. The molecule has 0 aliphatic carbocycles. The van der Waals surface area contributed by atoms with E-state index < -0.39 is 0 Å². The predicted molar refractivity (Wildman–Crippen MR) is 105 cm³/mol. The van der Waals surface area contributed by atoms with Crippen molar-refractivity contribution >= 4 is 5.91 Å². The number of aliphatic hydroxyl groups excluding tert-OH is 1. The fourth-order valence-electron chi connectivity index (χ4n) is 3.76. The third kappa shape index (κ3) is 4.93. The van der Waals surface area contributed by atoms with E-state index in [1.807, 2.05) is 25.1 Å². The quantitative estimate of drug-likeness (QED) is 0.820. The molecule has 27 heavy (non-hydrogen) atoms. The predicted octanol–water partition coefficient (Wildman–Crippen LogP) is 3.38. The van der Waals surface area contributed by atoms with Crippen LogP contribution >= 0.6 is 0 Å². The average Bonchev–Trinajstić information content (AvgIpc) is 2.68. The fourth-order valence-corrected chi connectivity index (χ4v) is 3.76. The van der Waals surface area contributed by atoms with E-state index in [2.05, 4.69) is 10.2 Å². The Morgan fingerprint density at radius 2 is 2.11 bits per heavy atom. The maximum atomic E-state index is 13.3. The van der Waals surface area contributed by atoms with E-state index in [4.69, 9.17) is 0 Å². The molecule has 0 saturated carbocycles. The smallest absolute Gasteiger partial charge is 0.251 e. The highest BCUT2D eigenvalue weighted by atomic mass is 19.1. The fraction of sp³-hybridized carbons (Fsp3) is 0.409. The molecule has 0 spiro atoms. The largest absolute Gasteiger partial charge is 0.395 e. The minimum absolute atomic E-state index is 0.117. The van der Waals surface area contributed by atoms with Crippen LogP contribution in [0.2, 0.25) is 0 Å². The number of benzene rings is 2. The van der Waals surface area contributed by atoms with Crippen molar-refractivity contribution in [2.24, 2.45) is 0 Å². The van der Waals surface area contributed by atoms with Crippen molar-refractivity contribution in [3.8, 4) is 11.1 Å². The van der Waals surface area contributed by atoms with Crippen molar-refractivity contribution in [2.45, 2.75) is 32.2 Å². The summed E-state index contributed by atoms with van der Waals surface area (Å²) in [5.74, 6) is -0.377. The minimum Gasteiger partial charge on any atom is -0.395 e. The highest BCUT2D eigenvalue weighted by molar-refractivity contribution is 5.95. The van der Waals surface area contributed by atoms with E-state index in [1.165, 1.54) is 12.1 Å². The lowest BCUT2D eigenvalue weighted by atomic mass is 9.98. The van der Waals surface area contributed by atoms with Gasteiger partial charge in [0.1, 0.15) is 5.82 Å². The number of nitrogens with one attached hydrogen (secondary N) is 1. The second kappa shape index (κ2) is 9.11. The molecule has 5 heteroatoms. The summed E-state index contributed by atoms with van der Waals surface area (Å²) < 4.78 is 13.3. The number of likely N-dealkylation sites (tertiary alicyclic amines) is 1. The van der Waals surface area contributed by atoms with Crippen LogP contribution in [-0.2, 0) is 0 Å². The van der Waals surface area contributed by atoms with Crippen molar-refractivity contribution in [1.82, 2.24) is 10.2 Å². The van der Waals surface area contributed by atoms with Crippen LogP contribution in [0.4, 0.5) is 4.39 Å². The van der Waals surface area contributed by atoms with Crippen LogP contribution in [0.15, 0.2) is 42.5 Å². The minimum atomic E-state index is -0.260. The lowest BCUT2D eigenvalue weighted by Crippen LogP contribution is -2.45. The SMILES string of the molecule is Cc1cc(F)ccc1-c1cccc(C(=O)NCCN2CCCC[C@@H]2CO)c1. The molecule has 0 radical (unpaired) electrons. The summed E-state index contributed by atoms with van der Waals surface area (Å²) in [5.41, 5.74) is 3.25. The van der Waals surface area contributed by atoms with E-state index in [9.17, 15) is 14.3 Å². The second-order valence-corrected chi connectivity index (χ2v) is 7.16. The van der Waals surface area contributed by atoms with E-state index in [-0.39, 0.29) is 24.4 Å². The number of aliphatic hydroxyl groups is 1. The van der Waals surface area contributed by atoms with Crippen molar-refractivity contribution in [2.75, 3.05) is 26.2 Å². The lowest BCUT2D eigenvalue weighted by Gasteiger charge is -2.34. The van der Waals surface area contributed by atoms with Crippen LogP contribution < -0.4 is 5.32 Å². The number of rotatable bonds is 6. The number of hydrogen-bond acceptors (Lipinski definition) is 3. The third-order valence-corrected chi connectivity index (χ3v) is 5.27. The maximum absolute atomic E-state index is 13.3. The molecule has 1 saturated heterocycles. The maximum Gasteiger partial charge on any atom is 0.251 e. The molecule has 2 N–H and O–H groups in total. The number of aryl methyl sites for hydroxylation is 1. The van der Waals surface area contributed by atoms with Crippen LogP contribution in [0.3, 0.4) is 0 Å². The van der Waals surface area contributed by atoms with Gasteiger partial charge in [-0.25, -0.2) is 4.39 Å². The van der Waals surface area contributed by atoms with Gasteiger partial charge in [-0.15, -0.1) is 0 Å². The molecule has 0 unspecified atom stereocenters. The molecule has 1 aliphatic heterocycles. The monoisotopic (exact) mass is 370 g/mol. The first-order chi connectivity index (χ1) is 13.1. The first kappa shape index (κ1) is 19.5. The summed E-state index contributed by atoms with van der Waals surface area (Å²) >= 11 is 0. The van der Waals surface area contributed by atoms with Gasteiger partial charge >= 0.3 is 0 Å². The molecular formula is C22H27FN2O2. The summed E-state index contributed by atoms with van der Waals surface area (Å²) in [6.45, 7) is 4.30. The standard InChI is InChI=1S/C22H27FN2O2/c1-16-13-19(23)8-9-21(16)17-5-4-6-18(14-17)22(27)24-10-12-25-11-3-2-7-20(25)15-26/h4-6,8-9,13-14,20,26H,2-3,7,10-12,15H2,1H3,(H,24,27)/t20-/m1/s1. The van der Waals surface area contributed by atoms with E-state index in [1.54, 1.807) is 12.1 Å². The Morgan fingerprint density at radius 3 is 2.89 bits per heavy atom. The summed E-state index contributed by atoms with van der Waals surface area (Å²) in [6, 6.07) is 12.3. The van der Waals surface area contributed by atoms with Gasteiger partial charge in [0.2, 0.25) is 0 Å². The van der Waals surface area contributed by atoms with Gasteiger partial charge < -0.3 is 10.4 Å². The van der Waals surface area contributed by atoms with Gasteiger partial charge in [0.25, 0.3) is 5.91 Å². The van der Waals surface area contributed by atoms with Gasteiger partial charge in [-0.1, -0.05) is 24.6 Å². The van der Waals surface area contributed by atoms with Crippen molar-refractivity contribution < 1.29 is 14.3 Å². The topological polar surface area (TPSA) is 52.6 Å². The molecule has 0 aromatic heterocycles. The lowest BCUT2D eigenvalue weighted by molar-refractivity contribution is 0.0849. The van der Waals surface area contributed by atoms with Crippen LogP contribution in [0.5, 0.6) is 0 Å². The van der Waals surface area contributed by atoms with Crippen molar-refractivity contribution in [1.29, 1.82) is 0 Å². The summed E-state index contributed by atoms with van der Waals surface area (Å²) in [4.78, 5) is 14.8. The van der Waals surface area contributed by atoms with Crippen LogP contribution in [0, 0.1) is 12.7 Å². The molecule has 2 aromatic rings. The Bertz CT molecular complexity index is 794. The van der Waals surface area contributed by atoms with Gasteiger partial charge in [-0.05, 0) is 67.3 Å². The Morgan fingerprint density at radius 1 is 1.26 bits per heavy atom. The molecule has 1 aliphatic rings. The van der Waals surface area contributed by atoms with Gasteiger partial charge in [-0.3, -0.25) is 9.69 Å². The van der Waals surface area contributed by atoms with Crippen molar-refractivity contribution in [3.63, 3.8) is 0 Å². The molecule has 144 valence electrons. The summed E-state index contributed by atoms with van der Waals surface area (Å²) in [7, 11) is 0. The summed E-state index contributed by atoms with van der Waals surface area (Å²) in [6.07, 6.45) is 3.32. The number of piperidine rings is 1. The van der Waals surface area contributed by atoms with E-state index in [0.29, 0.717) is 12.1 Å². The molecular weight excluding hydrogens is 343 g/mol. The van der Waals surface area contributed by atoms with Crippen LogP contribution in [0.1, 0.15) is 35.2 Å². The molecule has 1 amide bonds. The van der Waals surface area contributed by atoms with Crippen molar-refractivity contribution in [3.05, 3.63) is 59.4 Å². The number of nitrogens with zero attached hydrogens (tertiary/aromatic N) is 1. The van der Waals surface area contributed by atoms with Gasteiger partial charge in [-0.2, -0.15) is 0 Å². The molecule has 3 rings (SSSR count). The molecule has 2 aromatic carbocycles. The third-order valence-electron chi connectivity index (χ3n) is 5.27. The summed E-state index contributed by atoms with van der Waals surface area (Å²) in [5, 5.41) is 12.4. The van der Waals surface area contributed by atoms with Crippen LogP contribution in [-0.4, -0.2) is 48.2 Å². The van der Waals surface area contributed by atoms with E-state index >= 15 is 0 Å². The number of carbonyl (C=O) groups is 1. The zero-order valence-electron chi connectivity index (χ0n) is 15.7. The normalized spacial score (nSPS) is 17.7. The Hall–Kier alpha value is -2.24. The highest BCUT2D eigenvalue weighted by Crippen LogP contribution is 2.25. The van der Waals surface area contributed by atoms with E-state index in [0.717, 1.165) is 49.0 Å². The first-order valence-corrected chi connectivity index (χ1v) is 9.58. The number of halogens is 1. The number of carbonyl (C=O) groups excluding carboxylic acids is 1. The molecule has 0 bridgehead atoms. The van der Waals surface area contributed by atoms with Crippen LogP contribution in [0.25, 0.3) is 11.1 Å². The molecule has 4 nitrogen and oxygen atoms in total. The molecule has 1 heterocycles. The second-order valence-electron chi connectivity index (χ2n) is 7.16. The zero-order valence-corrected chi connectivity index (χ0v) is 15.7. The Labute approximate surface area is 160 Å². The van der Waals surface area contributed by atoms with Gasteiger partial charge in [0.15, 0.2) is 0 Å². The van der Waals surface area contributed by atoms with Gasteiger partial charge in [0.05, 0.1) is 6.61 Å². The number of amides is 1. The Kier molecular flexibility index (Phi) is 6.58.